The lowest BCUT2D eigenvalue weighted by Crippen LogP contribution is -2.38. The highest BCUT2D eigenvalue weighted by atomic mass is 16.6. The predicted octanol–water partition coefficient (Wildman–Crippen LogP) is 2.72. The van der Waals surface area contributed by atoms with Crippen molar-refractivity contribution in [1.29, 1.82) is 0 Å². The SMILES string of the molecule is Cc1cccc(C)c1OCC(=O)N1CCCN(c2ccc([N+](=O)[O-])cn2)CC1. The lowest BCUT2D eigenvalue weighted by Gasteiger charge is -2.23. The molecule has 8 nitrogen and oxygen atoms in total. The number of rotatable bonds is 5. The quantitative estimate of drug-likeness (QED) is 0.582. The summed E-state index contributed by atoms with van der Waals surface area (Å²) in [4.78, 5) is 30.9. The summed E-state index contributed by atoms with van der Waals surface area (Å²) in [7, 11) is 0. The van der Waals surface area contributed by atoms with E-state index in [0.29, 0.717) is 25.5 Å². The number of anilines is 1. The molecule has 0 aliphatic carbocycles. The highest BCUT2D eigenvalue weighted by molar-refractivity contribution is 5.78. The summed E-state index contributed by atoms with van der Waals surface area (Å²) in [5.74, 6) is 1.41. The van der Waals surface area contributed by atoms with Gasteiger partial charge in [-0.3, -0.25) is 14.9 Å². The van der Waals surface area contributed by atoms with Gasteiger partial charge in [-0.15, -0.1) is 0 Å². The maximum Gasteiger partial charge on any atom is 0.287 e. The van der Waals surface area contributed by atoms with E-state index < -0.39 is 4.92 Å². The lowest BCUT2D eigenvalue weighted by atomic mass is 10.1. The van der Waals surface area contributed by atoms with Gasteiger partial charge in [0, 0.05) is 32.2 Å². The molecule has 3 rings (SSSR count). The van der Waals surface area contributed by atoms with Crippen molar-refractivity contribution >= 4 is 17.4 Å². The first-order chi connectivity index (χ1) is 13.5. The summed E-state index contributed by atoms with van der Waals surface area (Å²) in [6.07, 6.45) is 2.06. The molecule has 0 N–H and O–H groups in total. The number of ether oxygens (including phenoxy) is 1. The summed E-state index contributed by atoms with van der Waals surface area (Å²) in [6, 6.07) is 9.00. The van der Waals surface area contributed by atoms with Crippen LogP contribution in [-0.2, 0) is 4.79 Å². The van der Waals surface area contributed by atoms with Gasteiger partial charge in [-0.25, -0.2) is 4.98 Å². The molecule has 2 aromatic rings. The van der Waals surface area contributed by atoms with Gasteiger partial charge < -0.3 is 14.5 Å². The van der Waals surface area contributed by atoms with Gasteiger partial charge >= 0.3 is 0 Å². The number of carbonyl (C=O) groups excluding carboxylic acids is 1. The molecule has 0 spiro atoms. The average Bonchev–Trinajstić information content (AvgIpc) is 2.94. The normalized spacial score (nSPS) is 14.5. The zero-order valence-corrected chi connectivity index (χ0v) is 16.1. The number of carbonyl (C=O) groups is 1. The van der Waals surface area contributed by atoms with Crippen LogP contribution in [0.15, 0.2) is 36.5 Å². The Labute approximate surface area is 163 Å². The van der Waals surface area contributed by atoms with Gasteiger partial charge in [0.15, 0.2) is 6.61 Å². The third-order valence-corrected chi connectivity index (χ3v) is 4.86. The second-order valence-corrected chi connectivity index (χ2v) is 6.86. The largest absolute Gasteiger partial charge is 0.483 e. The van der Waals surface area contributed by atoms with Crippen molar-refractivity contribution in [2.45, 2.75) is 20.3 Å². The van der Waals surface area contributed by atoms with Gasteiger partial charge in [-0.1, -0.05) is 18.2 Å². The van der Waals surface area contributed by atoms with Crippen LogP contribution in [0.1, 0.15) is 17.5 Å². The van der Waals surface area contributed by atoms with E-state index in [2.05, 4.69) is 4.98 Å². The predicted molar refractivity (Wildman–Crippen MR) is 106 cm³/mol. The minimum atomic E-state index is -0.463. The molecular weight excluding hydrogens is 360 g/mol. The van der Waals surface area contributed by atoms with Crippen LogP contribution >= 0.6 is 0 Å². The zero-order valence-electron chi connectivity index (χ0n) is 16.1. The third kappa shape index (κ3) is 4.57. The first-order valence-corrected chi connectivity index (χ1v) is 9.28. The Morgan fingerprint density at radius 2 is 1.89 bits per heavy atom. The van der Waals surface area contributed by atoms with E-state index in [1.807, 2.05) is 36.9 Å². The molecule has 0 bridgehead atoms. The van der Waals surface area contributed by atoms with Crippen molar-refractivity contribution in [2.24, 2.45) is 0 Å². The van der Waals surface area contributed by atoms with Crippen molar-refractivity contribution in [3.05, 3.63) is 57.8 Å². The molecule has 1 aliphatic heterocycles. The highest BCUT2D eigenvalue weighted by Crippen LogP contribution is 2.22. The van der Waals surface area contributed by atoms with Crippen LogP contribution in [0.5, 0.6) is 5.75 Å². The van der Waals surface area contributed by atoms with Gasteiger partial charge in [0.05, 0.1) is 4.92 Å². The number of benzene rings is 1. The summed E-state index contributed by atoms with van der Waals surface area (Å²) >= 11 is 0. The third-order valence-electron chi connectivity index (χ3n) is 4.86. The smallest absolute Gasteiger partial charge is 0.287 e. The van der Waals surface area contributed by atoms with E-state index in [4.69, 9.17) is 4.74 Å². The number of hydrogen-bond acceptors (Lipinski definition) is 6. The van der Waals surface area contributed by atoms with Crippen LogP contribution in [0.2, 0.25) is 0 Å². The number of para-hydroxylation sites is 1. The minimum Gasteiger partial charge on any atom is -0.483 e. The molecule has 8 heteroatoms. The molecule has 148 valence electrons. The van der Waals surface area contributed by atoms with Gasteiger partial charge in [-0.05, 0) is 37.5 Å². The number of nitrogens with zero attached hydrogens (tertiary/aromatic N) is 4. The fourth-order valence-electron chi connectivity index (χ4n) is 3.32. The number of aryl methyl sites for hydroxylation is 2. The molecule has 0 radical (unpaired) electrons. The van der Waals surface area contributed by atoms with Gasteiger partial charge in [0.2, 0.25) is 0 Å². The minimum absolute atomic E-state index is 0.0154. The molecule has 1 aromatic carbocycles. The van der Waals surface area contributed by atoms with Gasteiger partial charge in [0.25, 0.3) is 11.6 Å². The van der Waals surface area contributed by atoms with Crippen LogP contribution < -0.4 is 9.64 Å². The number of aromatic nitrogens is 1. The van der Waals surface area contributed by atoms with Gasteiger partial charge in [-0.2, -0.15) is 0 Å². The molecule has 0 saturated carbocycles. The Balaban J connectivity index is 1.57. The van der Waals surface area contributed by atoms with Crippen molar-refractivity contribution in [3.8, 4) is 5.75 Å². The van der Waals surface area contributed by atoms with E-state index in [0.717, 1.165) is 29.8 Å². The van der Waals surface area contributed by atoms with Crippen molar-refractivity contribution in [2.75, 3.05) is 37.7 Å². The number of pyridine rings is 1. The topological polar surface area (TPSA) is 88.8 Å². The first kappa shape index (κ1) is 19.6. The fraction of sp³-hybridized carbons (Fsp3) is 0.400. The maximum absolute atomic E-state index is 12.6. The molecule has 0 atom stereocenters. The van der Waals surface area contributed by atoms with Crippen LogP contribution in [0.25, 0.3) is 0 Å². The molecule has 1 saturated heterocycles. The molecule has 1 aromatic heterocycles. The fourth-order valence-corrected chi connectivity index (χ4v) is 3.32. The monoisotopic (exact) mass is 384 g/mol. The molecular formula is C20H24N4O4. The van der Waals surface area contributed by atoms with Crippen molar-refractivity contribution in [1.82, 2.24) is 9.88 Å². The Hall–Kier alpha value is -3.16. The second kappa shape index (κ2) is 8.69. The molecule has 1 aliphatic rings. The molecule has 2 heterocycles. The Kier molecular flexibility index (Phi) is 6.08. The van der Waals surface area contributed by atoms with E-state index in [1.54, 1.807) is 11.0 Å². The lowest BCUT2D eigenvalue weighted by molar-refractivity contribution is -0.385. The van der Waals surface area contributed by atoms with Crippen LogP contribution in [-0.4, -0.2) is 53.5 Å². The van der Waals surface area contributed by atoms with E-state index in [1.165, 1.54) is 12.3 Å². The summed E-state index contributed by atoms with van der Waals surface area (Å²) in [5.41, 5.74) is 2.00. The summed E-state index contributed by atoms with van der Waals surface area (Å²) in [5, 5.41) is 10.8. The standard InChI is InChI=1S/C20H24N4O4/c1-15-5-3-6-16(2)20(15)28-14-19(25)23-10-4-9-22(11-12-23)18-8-7-17(13-21-18)24(26)27/h3,5-8,13H,4,9-12,14H2,1-2H3. The Bertz CT molecular complexity index is 834. The molecule has 0 unspecified atom stereocenters. The first-order valence-electron chi connectivity index (χ1n) is 9.28. The molecule has 1 fully saturated rings. The van der Waals surface area contributed by atoms with Crippen LogP contribution in [0.3, 0.4) is 0 Å². The van der Waals surface area contributed by atoms with E-state index in [-0.39, 0.29) is 18.2 Å². The number of nitro groups is 1. The number of hydrogen-bond donors (Lipinski definition) is 0. The zero-order chi connectivity index (χ0) is 20.1. The van der Waals surface area contributed by atoms with Crippen molar-refractivity contribution < 1.29 is 14.5 Å². The Morgan fingerprint density at radius 1 is 1.14 bits per heavy atom. The van der Waals surface area contributed by atoms with E-state index >= 15 is 0 Å². The average molecular weight is 384 g/mol. The number of amides is 1. The molecule has 28 heavy (non-hydrogen) atoms. The Morgan fingerprint density at radius 3 is 2.54 bits per heavy atom. The van der Waals surface area contributed by atoms with E-state index in [9.17, 15) is 14.9 Å². The van der Waals surface area contributed by atoms with Crippen molar-refractivity contribution in [3.63, 3.8) is 0 Å². The van der Waals surface area contributed by atoms with Crippen LogP contribution in [0.4, 0.5) is 11.5 Å². The summed E-state index contributed by atoms with van der Waals surface area (Å²) in [6.45, 7) is 6.53. The molecule has 1 amide bonds. The summed E-state index contributed by atoms with van der Waals surface area (Å²) < 4.78 is 5.79. The second-order valence-electron chi connectivity index (χ2n) is 6.86. The maximum atomic E-state index is 12.6. The highest BCUT2D eigenvalue weighted by Gasteiger charge is 2.21. The van der Waals surface area contributed by atoms with Crippen LogP contribution in [0, 0.1) is 24.0 Å². The van der Waals surface area contributed by atoms with Gasteiger partial charge in [0.1, 0.15) is 17.8 Å².